The fraction of sp³-hybridized carbons (Fsp3) is 0.875. The molecule has 0 saturated carbocycles. The third-order valence-corrected chi connectivity index (χ3v) is 3.01. The molecule has 0 radical (unpaired) electrons. The Balaban J connectivity index is 2.32. The Kier molecular flexibility index (Phi) is 1.80. The SMILES string of the molecule is O=C1NCC[C@]12CNCCC2(F)F. The Hall–Kier alpha value is -0.710. The van der Waals surface area contributed by atoms with Gasteiger partial charge in [0.05, 0.1) is 0 Å². The molecule has 2 aliphatic rings. The van der Waals surface area contributed by atoms with Crippen LogP contribution in [0.5, 0.6) is 0 Å². The standard InChI is InChI=1S/C8H12F2N2O/c9-8(10)2-3-11-5-7(8)1-4-12-6(7)13/h11H,1-5H2,(H,12,13)/t7-/m0/s1. The van der Waals surface area contributed by atoms with Gasteiger partial charge in [0, 0.05) is 26.1 Å². The number of hydrogen-bond donors (Lipinski definition) is 2. The smallest absolute Gasteiger partial charge is 0.264 e. The van der Waals surface area contributed by atoms with E-state index in [0.29, 0.717) is 13.1 Å². The minimum Gasteiger partial charge on any atom is -0.355 e. The Morgan fingerprint density at radius 1 is 1.23 bits per heavy atom. The van der Waals surface area contributed by atoms with Crippen LogP contribution in [0.4, 0.5) is 8.78 Å². The summed E-state index contributed by atoms with van der Waals surface area (Å²) in [5, 5.41) is 5.34. The first-order valence-electron chi connectivity index (χ1n) is 4.45. The summed E-state index contributed by atoms with van der Waals surface area (Å²) in [5.41, 5.74) is -1.47. The molecule has 5 heteroatoms. The molecule has 0 aromatic rings. The second-order valence-corrected chi connectivity index (χ2v) is 3.72. The van der Waals surface area contributed by atoms with Crippen LogP contribution in [0, 0.1) is 5.41 Å². The topological polar surface area (TPSA) is 41.1 Å². The highest BCUT2D eigenvalue weighted by Crippen LogP contribution is 2.45. The van der Waals surface area contributed by atoms with Crippen molar-refractivity contribution >= 4 is 5.91 Å². The van der Waals surface area contributed by atoms with Gasteiger partial charge in [-0.2, -0.15) is 0 Å². The molecule has 3 nitrogen and oxygen atoms in total. The molecular weight excluding hydrogens is 178 g/mol. The molecule has 0 aromatic heterocycles. The third kappa shape index (κ3) is 1.06. The largest absolute Gasteiger partial charge is 0.355 e. The minimum absolute atomic E-state index is 0.103. The van der Waals surface area contributed by atoms with E-state index in [0.717, 1.165) is 0 Å². The molecule has 0 unspecified atom stereocenters. The molecule has 2 rings (SSSR count). The first-order valence-corrected chi connectivity index (χ1v) is 4.45. The minimum atomic E-state index is -2.85. The lowest BCUT2D eigenvalue weighted by molar-refractivity contribution is -0.163. The van der Waals surface area contributed by atoms with Crippen LogP contribution in [-0.4, -0.2) is 31.5 Å². The van der Waals surface area contributed by atoms with E-state index < -0.39 is 17.2 Å². The maximum atomic E-state index is 13.5. The predicted molar refractivity (Wildman–Crippen MR) is 42.5 cm³/mol. The van der Waals surface area contributed by atoms with E-state index >= 15 is 0 Å². The van der Waals surface area contributed by atoms with Crippen molar-refractivity contribution in [1.29, 1.82) is 0 Å². The van der Waals surface area contributed by atoms with Gasteiger partial charge in [-0.1, -0.05) is 0 Å². The van der Waals surface area contributed by atoms with Crippen LogP contribution in [0.15, 0.2) is 0 Å². The molecule has 0 aliphatic carbocycles. The maximum Gasteiger partial charge on any atom is 0.264 e. The van der Waals surface area contributed by atoms with E-state index in [1.54, 1.807) is 0 Å². The Bertz CT molecular complexity index is 244. The summed E-state index contributed by atoms with van der Waals surface area (Å²) < 4.78 is 27.0. The quantitative estimate of drug-likeness (QED) is 0.569. The Labute approximate surface area is 74.9 Å². The molecule has 1 atom stereocenters. The highest BCUT2D eigenvalue weighted by atomic mass is 19.3. The maximum absolute atomic E-state index is 13.5. The third-order valence-electron chi connectivity index (χ3n) is 3.01. The van der Waals surface area contributed by atoms with Gasteiger partial charge in [-0.3, -0.25) is 4.79 Å². The molecule has 2 saturated heterocycles. The van der Waals surface area contributed by atoms with E-state index in [4.69, 9.17) is 0 Å². The molecular formula is C8H12F2N2O. The van der Waals surface area contributed by atoms with Crippen molar-refractivity contribution in [3.63, 3.8) is 0 Å². The van der Waals surface area contributed by atoms with Crippen LogP contribution in [0.2, 0.25) is 0 Å². The van der Waals surface area contributed by atoms with Crippen molar-refractivity contribution in [1.82, 2.24) is 10.6 Å². The van der Waals surface area contributed by atoms with Gasteiger partial charge in [0.25, 0.3) is 5.92 Å². The number of piperidine rings is 1. The van der Waals surface area contributed by atoms with Crippen LogP contribution >= 0.6 is 0 Å². The van der Waals surface area contributed by atoms with E-state index in [1.807, 2.05) is 0 Å². The zero-order chi connectivity index (χ0) is 9.53. The van der Waals surface area contributed by atoms with Crippen LogP contribution in [0.25, 0.3) is 0 Å². The molecule has 0 aromatic carbocycles. The Morgan fingerprint density at radius 2 is 2.00 bits per heavy atom. The molecule has 2 aliphatic heterocycles. The monoisotopic (exact) mass is 190 g/mol. The van der Waals surface area contributed by atoms with Crippen molar-refractivity contribution < 1.29 is 13.6 Å². The number of amides is 1. The fourth-order valence-corrected chi connectivity index (χ4v) is 2.11. The number of nitrogens with one attached hydrogen (secondary N) is 2. The van der Waals surface area contributed by atoms with Gasteiger partial charge in [0.1, 0.15) is 5.41 Å². The fourth-order valence-electron chi connectivity index (χ4n) is 2.11. The van der Waals surface area contributed by atoms with Crippen molar-refractivity contribution in [2.24, 2.45) is 5.41 Å². The lowest BCUT2D eigenvalue weighted by atomic mass is 9.76. The first-order chi connectivity index (χ1) is 6.08. The average Bonchev–Trinajstić information content (AvgIpc) is 2.41. The van der Waals surface area contributed by atoms with Gasteiger partial charge in [-0.25, -0.2) is 8.78 Å². The summed E-state index contributed by atoms with van der Waals surface area (Å²) in [6.07, 6.45) is 0.00620. The van der Waals surface area contributed by atoms with Crippen LogP contribution < -0.4 is 10.6 Å². The predicted octanol–water partition coefficient (Wildman–Crippen LogP) is 0.121. The number of carbonyl (C=O) groups excluding carboxylic acids is 1. The van der Waals surface area contributed by atoms with Crippen molar-refractivity contribution in [2.45, 2.75) is 18.8 Å². The van der Waals surface area contributed by atoms with Crippen LogP contribution in [0.1, 0.15) is 12.8 Å². The molecule has 1 spiro atoms. The first kappa shape index (κ1) is 8.87. The molecule has 74 valence electrons. The van der Waals surface area contributed by atoms with Crippen molar-refractivity contribution in [3.8, 4) is 0 Å². The molecule has 2 fully saturated rings. The van der Waals surface area contributed by atoms with Gasteiger partial charge in [0.15, 0.2) is 0 Å². The van der Waals surface area contributed by atoms with Gasteiger partial charge in [-0.15, -0.1) is 0 Å². The number of halogens is 2. The van der Waals surface area contributed by atoms with Crippen molar-refractivity contribution in [3.05, 3.63) is 0 Å². The highest BCUT2D eigenvalue weighted by Gasteiger charge is 2.61. The van der Waals surface area contributed by atoms with E-state index in [-0.39, 0.29) is 19.4 Å². The van der Waals surface area contributed by atoms with Crippen LogP contribution in [-0.2, 0) is 4.79 Å². The van der Waals surface area contributed by atoms with Crippen LogP contribution in [0.3, 0.4) is 0 Å². The molecule has 1 amide bonds. The molecule has 0 bridgehead atoms. The number of carbonyl (C=O) groups is 1. The summed E-state index contributed by atoms with van der Waals surface area (Å²) in [7, 11) is 0. The number of rotatable bonds is 0. The average molecular weight is 190 g/mol. The lowest BCUT2D eigenvalue weighted by Gasteiger charge is -2.38. The zero-order valence-electron chi connectivity index (χ0n) is 7.20. The van der Waals surface area contributed by atoms with E-state index in [9.17, 15) is 13.6 Å². The summed E-state index contributed by atoms with van der Waals surface area (Å²) in [6, 6.07) is 0. The van der Waals surface area contributed by atoms with E-state index in [2.05, 4.69) is 10.6 Å². The molecule has 2 N–H and O–H groups in total. The van der Waals surface area contributed by atoms with Gasteiger partial charge in [0.2, 0.25) is 5.91 Å². The van der Waals surface area contributed by atoms with Gasteiger partial charge in [-0.05, 0) is 6.42 Å². The molecule has 13 heavy (non-hydrogen) atoms. The highest BCUT2D eigenvalue weighted by molar-refractivity contribution is 5.86. The second-order valence-electron chi connectivity index (χ2n) is 3.72. The van der Waals surface area contributed by atoms with Gasteiger partial charge >= 0.3 is 0 Å². The second kappa shape index (κ2) is 2.64. The Morgan fingerprint density at radius 3 is 2.54 bits per heavy atom. The van der Waals surface area contributed by atoms with E-state index in [1.165, 1.54) is 0 Å². The van der Waals surface area contributed by atoms with Gasteiger partial charge < -0.3 is 10.6 Å². The summed E-state index contributed by atoms with van der Waals surface area (Å²) in [5.74, 6) is -3.34. The number of hydrogen-bond acceptors (Lipinski definition) is 2. The number of alkyl halides is 2. The summed E-state index contributed by atoms with van der Waals surface area (Å²) in [4.78, 5) is 11.3. The summed E-state index contributed by atoms with van der Waals surface area (Å²) >= 11 is 0. The molecule has 2 heterocycles. The normalized spacial score (nSPS) is 37.8. The zero-order valence-corrected chi connectivity index (χ0v) is 7.20. The summed E-state index contributed by atoms with van der Waals surface area (Å²) in [6.45, 7) is 0.768. The lowest BCUT2D eigenvalue weighted by Crippen LogP contribution is -2.57. The van der Waals surface area contributed by atoms with Crippen molar-refractivity contribution in [2.75, 3.05) is 19.6 Å².